The van der Waals surface area contributed by atoms with Crippen molar-refractivity contribution in [1.29, 1.82) is 0 Å². The van der Waals surface area contributed by atoms with Crippen molar-refractivity contribution < 1.29 is 14.3 Å². The monoisotopic (exact) mass is 418 g/mol. The number of nitrogens with zero attached hydrogens (tertiary/aromatic N) is 2. The van der Waals surface area contributed by atoms with Gasteiger partial charge < -0.3 is 9.72 Å². The van der Waals surface area contributed by atoms with Gasteiger partial charge in [0.25, 0.3) is 5.91 Å². The maximum absolute atomic E-state index is 12.7. The molecular weight excluding hydrogens is 388 g/mol. The zero-order chi connectivity index (χ0) is 21.1. The minimum absolute atomic E-state index is 0.293. The van der Waals surface area contributed by atoms with E-state index in [1.54, 1.807) is 20.8 Å². The molecule has 3 heterocycles. The van der Waals surface area contributed by atoms with Crippen LogP contribution in [0.25, 0.3) is 0 Å². The number of nitrogens with one attached hydrogen (secondary N) is 2. The van der Waals surface area contributed by atoms with Crippen LogP contribution in [0.2, 0.25) is 0 Å². The number of piperidine rings is 1. The first-order valence-electron chi connectivity index (χ1n) is 10.1. The highest BCUT2D eigenvalue weighted by molar-refractivity contribution is 7.13. The van der Waals surface area contributed by atoms with Crippen LogP contribution in [0.1, 0.15) is 65.0 Å². The van der Waals surface area contributed by atoms with E-state index < -0.39 is 5.97 Å². The summed E-state index contributed by atoms with van der Waals surface area (Å²) in [6.45, 7) is 13.1. The molecule has 1 aliphatic rings. The second-order valence-corrected chi connectivity index (χ2v) is 8.94. The Morgan fingerprint density at radius 1 is 1.31 bits per heavy atom. The lowest BCUT2D eigenvalue weighted by atomic mass is 9.92. The lowest BCUT2D eigenvalue weighted by Gasteiger charge is -2.34. The molecule has 0 radical (unpaired) electrons. The Morgan fingerprint density at radius 3 is 2.66 bits per heavy atom. The van der Waals surface area contributed by atoms with Crippen LogP contribution in [0.5, 0.6) is 0 Å². The third-order valence-electron chi connectivity index (χ3n) is 5.25. The number of carbonyl (C=O) groups excluding carboxylic acids is 2. The number of aryl methyl sites for hydroxylation is 1. The van der Waals surface area contributed by atoms with E-state index in [9.17, 15) is 9.59 Å². The largest absolute Gasteiger partial charge is 0.462 e. The van der Waals surface area contributed by atoms with Crippen molar-refractivity contribution in [2.75, 3.05) is 25.0 Å². The van der Waals surface area contributed by atoms with Gasteiger partial charge in [-0.1, -0.05) is 13.8 Å². The summed E-state index contributed by atoms with van der Waals surface area (Å²) >= 11 is 1.42. The van der Waals surface area contributed by atoms with E-state index in [-0.39, 0.29) is 5.91 Å². The quantitative estimate of drug-likeness (QED) is 0.693. The number of hydrogen-bond donors (Lipinski definition) is 2. The number of thiazole rings is 1. The Balaban J connectivity index is 1.66. The third-order valence-corrected chi connectivity index (χ3v) is 6.05. The number of ether oxygens (including phenoxy) is 1. The van der Waals surface area contributed by atoms with Gasteiger partial charge in [-0.15, -0.1) is 11.3 Å². The fraction of sp³-hybridized carbons (Fsp3) is 0.571. The van der Waals surface area contributed by atoms with E-state index >= 15 is 0 Å². The number of amides is 1. The van der Waals surface area contributed by atoms with Gasteiger partial charge in [0.1, 0.15) is 5.69 Å². The third kappa shape index (κ3) is 5.05. The lowest BCUT2D eigenvalue weighted by Crippen LogP contribution is -2.38. The predicted molar refractivity (Wildman–Crippen MR) is 115 cm³/mol. The average molecular weight is 419 g/mol. The molecule has 0 saturated carbocycles. The summed E-state index contributed by atoms with van der Waals surface area (Å²) in [5.41, 5.74) is 2.97. The zero-order valence-electron chi connectivity index (χ0n) is 17.8. The van der Waals surface area contributed by atoms with Crippen molar-refractivity contribution in [2.24, 2.45) is 11.8 Å². The molecule has 0 spiro atoms. The van der Waals surface area contributed by atoms with E-state index in [0.717, 1.165) is 25.3 Å². The van der Waals surface area contributed by atoms with Gasteiger partial charge >= 0.3 is 5.97 Å². The summed E-state index contributed by atoms with van der Waals surface area (Å²) in [5.74, 6) is 0.676. The molecule has 2 N–H and O–H groups in total. The first-order chi connectivity index (χ1) is 13.8. The van der Waals surface area contributed by atoms with Crippen molar-refractivity contribution in [3.8, 4) is 0 Å². The van der Waals surface area contributed by atoms with Gasteiger partial charge in [0.2, 0.25) is 0 Å². The molecule has 1 fully saturated rings. The van der Waals surface area contributed by atoms with Crippen LogP contribution < -0.4 is 5.32 Å². The van der Waals surface area contributed by atoms with Gasteiger partial charge in [0.15, 0.2) is 5.13 Å². The Hall–Kier alpha value is -2.19. The minimum atomic E-state index is -0.417. The molecule has 2 aromatic heterocycles. The van der Waals surface area contributed by atoms with Crippen LogP contribution in [-0.2, 0) is 11.3 Å². The van der Waals surface area contributed by atoms with E-state index in [1.165, 1.54) is 17.8 Å². The Labute approximate surface area is 175 Å². The topological polar surface area (TPSA) is 87.3 Å². The van der Waals surface area contributed by atoms with E-state index in [4.69, 9.17) is 4.74 Å². The molecular formula is C21H30N4O3S. The number of carbonyl (C=O) groups is 2. The fourth-order valence-electron chi connectivity index (χ4n) is 4.23. The number of aromatic nitrogens is 2. The first-order valence-corrected chi connectivity index (χ1v) is 11.0. The van der Waals surface area contributed by atoms with Crippen LogP contribution >= 0.6 is 11.3 Å². The normalized spacial score (nSPS) is 19.9. The number of rotatable bonds is 6. The number of hydrogen-bond acceptors (Lipinski definition) is 6. The van der Waals surface area contributed by atoms with Gasteiger partial charge in [-0.05, 0) is 44.6 Å². The van der Waals surface area contributed by atoms with Crippen molar-refractivity contribution >= 4 is 28.3 Å². The SMILES string of the molecule is CCOC(=O)c1c(C)[nH]c(C(=O)Nc2nc(CN3CC(C)CC(C)C3)cs2)c1C. The van der Waals surface area contributed by atoms with Crippen LogP contribution in [0.4, 0.5) is 5.13 Å². The van der Waals surface area contributed by atoms with Crippen LogP contribution in [0.15, 0.2) is 5.38 Å². The number of aromatic amines is 1. The predicted octanol–water partition coefficient (Wildman–Crippen LogP) is 3.99. The van der Waals surface area contributed by atoms with Gasteiger partial charge in [-0.3, -0.25) is 15.0 Å². The number of likely N-dealkylation sites (tertiary alicyclic amines) is 1. The molecule has 2 unspecified atom stereocenters. The molecule has 3 rings (SSSR count). The van der Waals surface area contributed by atoms with Crippen molar-refractivity contribution in [3.05, 3.63) is 33.6 Å². The summed E-state index contributed by atoms with van der Waals surface area (Å²) < 4.78 is 5.09. The van der Waals surface area contributed by atoms with Gasteiger partial charge in [0, 0.05) is 30.7 Å². The maximum Gasteiger partial charge on any atom is 0.340 e. The van der Waals surface area contributed by atoms with Gasteiger partial charge in [-0.2, -0.15) is 0 Å². The Kier molecular flexibility index (Phi) is 6.74. The second kappa shape index (κ2) is 9.09. The molecule has 29 heavy (non-hydrogen) atoms. The minimum Gasteiger partial charge on any atom is -0.462 e. The van der Waals surface area contributed by atoms with Crippen LogP contribution in [-0.4, -0.2) is 46.4 Å². The molecule has 0 bridgehead atoms. The molecule has 0 aromatic carbocycles. The smallest absolute Gasteiger partial charge is 0.340 e. The highest BCUT2D eigenvalue weighted by atomic mass is 32.1. The van der Waals surface area contributed by atoms with Crippen LogP contribution in [0, 0.1) is 25.7 Å². The van der Waals surface area contributed by atoms with Gasteiger partial charge in [0.05, 0.1) is 17.9 Å². The summed E-state index contributed by atoms with van der Waals surface area (Å²) in [5, 5.41) is 5.41. The van der Waals surface area contributed by atoms with Crippen molar-refractivity contribution in [3.63, 3.8) is 0 Å². The second-order valence-electron chi connectivity index (χ2n) is 8.08. The number of anilines is 1. The summed E-state index contributed by atoms with van der Waals surface area (Å²) in [6, 6.07) is 0. The Bertz CT molecular complexity index is 879. The van der Waals surface area contributed by atoms with E-state index in [0.29, 0.717) is 46.1 Å². The number of esters is 1. The van der Waals surface area contributed by atoms with E-state index in [2.05, 4.69) is 34.0 Å². The molecule has 1 amide bonds. The highest BCUT2D eigenvalue weighted by Crippen LogP contribution is 2.25. The highest BCUT2D eigenvalue weighted by Gasteiger charge is 2.24. The fourth-order valence-corrected chi connectivity index (χ4v) is 4.93. The molecule has 0 aliphatic carbocycles. The molecule has 2 aromatic rings. The van der Waals surface area contributed by atoms with Crippen molar-refractivity contribution in [1.82, 2.24) is 14.9 Å². The molecule has 1 saturated heterocycles. The number of H-pyrrole nitrogens is 1. The zero-order valence-corrected chi connectivity index (χ0v) is 18.6. The van der Waals surface area contributed by atoms with Gasteiger partial charge in [-0.25, -0.2) is 9.78 Å². The first kappa shape index (κ1) is 21.5. The summed E-state index contributed by atoms with van der Waals surface area (Å²) in [4.78, 5) is 34.9. The molecule has 2 atom stereocenters. The van der Waals surface area contributed by atoms with Crippen LogP contribution in [0.3, 0.4) is 0 Å². The molecule has 158 valence electrons. The van der Waals surface area contributed by atoms with E-state index in [1.807, 2.05) is 5.38 Å². The Morgan fingerprint density at radius 2 is 2.00 bits per heavy atom. The molecule has 8 heteroatoms. The summed E-state index contributed by atoms with van der Waals surface area (Å²) in [7, 11) is 0. The lowest BCUT2D eigenvalue weighted by molar-refractivity contribution is 0.0525. The molecule has 1 aliphatic heterocycles. The summed E-state index contributed by atoms with van der Waals surface area (Å²) in [6.07, 6.45) is 1.28. The van der Waals surface area contributed by atoms with Crippen molar-refractivity contribution in [2.45, 2.75) is 47.6 Å². The standard InChI is InChI=1S/C21H30N4O3S/c1-6-28-20(27)17-14(4)18(22-15(17)5)19(26)24-21-23-16(11-29-21)10-25-8-12(2)7-13(3)9-25/h11-13,22H,6-10H2,1-5H3,(H,23,24,26). The molecule has 7 nitrogen and oxygen atoms in total. The maximum atomic E-state index is 12.7. The average Bonchev–Trinajstić information content (AvgIpc) is 3.17.